The fourth-order valence-electron chi connectivity index (χ4n) is 5.82. The maximum atomic E-state index is 14.4. The molecule has 3 rings (SSSR count). The highest BCUT2D eigenvalue weighted by atomic mass is 16.6. The van der Waals surface area contributed by atoms with Crippen LogP contribution in [0.25, 0.3) is 0 Å². The normalized spacial score (nSPS) is 13.3. The van der Waals surface area contributed by atoms with Gasteiger partial charge in [0.05, 0.1) is 5.92 Å². The molecule has 0 saturated carbocycles. The lowest BCUT2D eigenvalue weighted by Crippen LogP contribution is -2.53. The van der Waals surface area contributed by atoms with Crippen LogP contribution in [0.3, 0.4) is 0 Å². The summed E-state index contributed by atoms with van der Waals surface area (Å²) in [6.07, 6.45) is 0.921. The van der Waals surface area contributed by atoms with Crippen molar-refractivity contribution in [2.24, 2.45) is 11.8 Å². The lowest BCUT2D eigenvalue weighted by Gasteiger charge is -2.34. The van der Waals surface area contributed by atoms with Gasteiger partial charge in [0.25, 0.3) is 0 Å². The molecule has 3 aromatic carbocycles. The SMILES string of the molecule is CC(C)CCN(C[C@@H](CN(Cc1ccccc1)Cc1ccccc1)C(=O)OC(C)(C)C)C(=O)N[C@@H](Cc1ccc(OC(C)(C)C)cc1)C(=O)OC(C)(C)C. The van der Waals surface area contributed by atoms with E-state index in [2.05, 4.69) is 48.3 Å². The summed E-state index contributed by atoms with van der Waals surface area (Å²) in [6.45, 7) is 23.2. The van der Waals surface area contributed by atoms with Crippen LogP contribution in [-0.4, -0.2) is 70.2 Å². The van der Waals surface area contributed by atoms with Crippen LogP contribution in [0.4, 0.5) is 4.79 Å². The molecule has 0 bridgehead atoms. The van der Waals surface area contributed by atoms with Crippen LogP contribution in [-0.2, 0) is 38.6 Å². The molecular formula is C45H65N3O6. The first-order valence-corrected chi connectivity index (χ1v) is 19.2. The van der Waals surface area contributed by atoms with Crippen LogP contribution in [0.2, 0.25) is 0 Å². The zero-order chi connectivity index (χ0) is 40.1. The number of ether oxygens (including phenoxy) is 3. The van der Waals surface area contributed by atoms with Crippen LogP contribution >= 0.6 is 0 Å². The predicted octanol–water partition coefficient (Wildman–Crippen LogP) is 8.83. The van der Waals surface area contributed by atoms with Crippen molar-refractivity contribution in [3.63, 3.8) is 0 Å². The number of carbonyl (C=O) groups is 3. The van der Waals surface area contributed by atoms with Crippen LogP contribution < -0.4 is 10.1 Å². The van der Waals surface area contributed by atoms with Crippen molar-refractivity contribution in [1.82, 2.24) is 15.1 Å². The highest BCUT2D eigenvalue weighted by Crippen LogP contribution is 2.22. The highest BCUT2D eigenvalue weighted by Gasteiger charge is 2.33. The van der Waals surface area contributed by atoms with Gasteiger partial charge in [-0.2, -0.15) is 0 Å². The molecule has 0 heterocycles. The standard InChI is InChI=1S/C45H65N3O6/c1-33(2)26-27-48(42(51)46-39(41(50)54-45(9,10)11)28-34-22-24-38(25-23-34)52-43(3,4)5)32-37(40(49)53-44(6,7)8)31-47(29-35-18-14-12-15-19-35)30-36-20-16-13-17-21-36/h12-25,33,37,39H,26-32H2,1-11H3,(H,46,51)/t37-,39+/m1/s1. The molecule has 2 amide bonds. The largest absolute Gasteiger partial charge is 0.488 e. The average Bonchev–Trinajstić information content (AvgIpc) is 3.05. The first-order valence-electron chi connectivity index (χ1n) is 19.2. The minimum absolute atomic E-state index is 0.105. The van der Waals surface area contributed by atoms with Crippen molar-refractivity contribution in [2.75, 3.05) is 19.6 Å². The predicted molar refractivity (Wildman–Crippen MR) is 216 cm³/mol. The molecule has 296 valence electrons. The zero-order valence-corrected chi connectivity index (χ0v) is 34.6. The molecule has 0 fully saturated rings. The number of amides is 2. The molecule has 0 radical (unpaired) electrons. The third-order valence-electron chi connectivity index (χ3n) is 8.20. The lowest BCUT2D eigenvalue weighted by molar-refractivity contribution is -0.161. The summed E-state index contributed by atoms with van der Waals surface area (Å²) in [4.78, 5) is 46.0. The number of nitrogens with one attached hydrogen (secondary N) is 1. The van der Waals surface area contributed by atoms with Crippen molar-refractivity contribution in [3.8, 4) is 5.75 Å². The van der Waals surface area contributed by atoms with E-state index in [0.717, 1.165) is 16.7 Å². The van der Waals surface area contributed by atoms with Gasteiger partial charge in [0.2, 0.25) is 0 Å². The van der Waals surface area contributed by atoms with Gasteiger partial charge in [-0.05, 0) is 103 Å². The summed E-state index contributed by atoms with van der Waals surface area (Å²) in [5.41, 5.74) is 1.23. The number of benzene rings is 3. The van der Waals surface area contributed by atoms with E-state index in [-0.39, 0.29) is 24.5 Å². The lowest BCUT2D eigenvalue weighted by atomic mass is 10.0. The molecule has 9 nitrogen and oxygen atoms in total. The maximum Gasteiger partial charge on any atom is 0.329 e. The number of nitrogens with zero attached hydrogens (tertiary/aromatic N) is 2. The molecule has 3 aromatic rings. The van der Waals surface area contributed by atoms with E-state index in [1.807, 2.05) is 102 Å². The number of esters is 2. The second kappa shape index (κ2) is 19.8. The quantitative estimate of drug-likeness (QED) is 0.138. The molecule has 0 aliphatic heterocycles. The minimum atomic E-state index is -0.972. The Hall–Kier alpha value is -4.37. The molecule has 0 aliphatic carbocycles. The maximum absolute atomic E-state index is 14.4. The molecule has 9 heteroatoms. The summed E-state index contributed by atoms with van der Waals surface area (Å²) in [5.74, 6) is -0.577. The van der Waals surface area contributed by atoms with E-state index in [4.69, 9.17) is 14.2 Å². The van der Waals surface area contributed by atoms with E-state index in [1.54, 1.807) is 25.7 Å². The average molecular weight is 744 g/mol. The Kier molecular flexibility index (Phi) is 16.2. The minimum Gasteiger partial charge on any atom is -0.488 e. The summed E-state index contributed by atoms with van der Waals surface area (Å²) >= 11 is 0. The fraction of sp³-hybridized carbons (Fsp3) is 0.533. The second-order valence-electron chi connectivity index (χ2n) is 17.6. The van der Waals surface area contributed by atoms with Gasteiger partial charge in [0, 0.05) is 39.1 Å². The number of hydrogen-bond acceptors (Lipinski definition) is 7. The van der Waals surface area contributed by atoms with Gasteiger partial charge < -0.3 is 24.4 Å². The second-order valence-corrected chi connectivity index (χ2v) is 17.6. The van der Waals surface area contributed by atoms with Crippen molar-refractivity contribution in [3.05, 3.63) is 102 Å². The van der Waals surface area contributed by atoms with Crippen LogP contribution in [0, 0.1) is 11.8 Å². The van der Waals surface area contributed by atoms with Crippen LogP contribution in [0.15, 0.2) is 84.9 Å². The van der Waals surface area contributed by atoms with Gasteiger partial charge in [-0.3, -0.25) is 9.69 Å². The number of hydrogen-bond donors (Lipinski definition) is 1. The third kappa shape index (κ3) is 17.2. The Labute approximate surface area is 324 Å². The first-order chi connectivity index (χ1) is 25.2. The fourth-order valence-corrected chi connectivity index (χ4v) is 5.82. The Morgan fingerprint density at radius 3 is 1.59 bits per heavy atom. The summed E-state index contributed by atoms with van der Waals surface area (Å²) in [7, 11) is 0. The van der Waals surface area contributed by atoms with Gasteiger partial charge >= 0.3 is 18.0 Å². The van der Waals surface area contributed by atoms with E-state index in [0.29, 0.717) is 44.3 Å². The van der Waals surface area contributed by atoms with Crippen molar-refractivity contribution >= 4 is 18.0 Å². The molecule has 0 unspecified atom stereocenters. The number of urea groups is 1. The van der Waals surface area contributed by atoms with E-state index < -0.39 is 35.2 Å². The Morgan fingerprint density at radius 2 is 1.13 bits per heavy atom. The Bertz CT molecular complexity index is 1550. The molecular weight excluding hydrogens is 679 g/mol. The van der Waals surface area contributed by atoms with Crippen LogP contribution in [0.1, 0.15) is 99.3 Å². The van der Waals surface area contributed by atoms with Crippen molar-refractivity contribution in [2.45, 2.75) is 125 Å². The molecule has 0 saturated heterocycles. The van der Waals surface area contributed by atoms with Crippen LogP contribution in [0.5, 0.6) is 5.75 Å². The van der Waals surface area contributed by atoms with Gasteiger partial charge in [-0.1, -0.05) is 86.6 Å². The van der Waals surface area contributed by atoms with Gasteiger partial charge in [0.1, 0.15) is 28.6 Å². The van der Waals surface area contributed by atoms with Gasteiger partial charge in [-0.25, -0.2) is 9.59 Å². The molecule has 1 N–H and O–H groups in total. The number of carbonyl (C=O) groups excluding carboxylic acids is 3. The van der Waals surface area contributed by atoms with E-state index in [9.17, 15) is 14.4 Å². The topological polar surface area (TPSA) is 97.4 Å². The van der Waals surface area contributed by atoms with Gasteiger partial charge in [-0.15, -0.1) is 0 Å². The number of rotatable bonds is 17. The van der Waals surface area contributed by atoms with Crippen molar-refractivity contribution in [1.29, 1.82) is 0 Å². The highest BCUT2D eigenvalue weighted by molar-refractivity contribution is 5.84. The zero-order valence-electron chi connectivity index (χ0n) is 34.6. The smallest absolute Gasteiger partial charge is 0.329 e. The Balaban J connectivity index is 1.95. The monoisotopic (exact) mass is 743 g/mol. The third-order valence-corrected chi connectivity index (χ3v) is 8.20. The molecule has 0 spiro atoms. The molecule has 0 aliphatic rings. The molecule has 54 heavy (non-hydrogen) atoms. The molecule has 0 aromatic heterocycles. The van der Waals surface area contributed by atoms with Crippen molar-refractivity contribution < 1.29 is 28.6 Å². The molecule has 2 atom stereocenters. The van der Waals surface area contributed by atoms with E-state index in [1.165, 1.54) is 0 Å². The van der Waals surface area contributed by atoms with Gasteiger partial charge in [0.15, 0.2) is 0 Å². The summed E-state index contributed by atoms with van der Waals surface area (Å²) in [5, 5.41) is 3.01. The summed E-state index contributed by atoms with van der Waals surface area (Å²) < 4.78 is 17.8. The first kappa shape index (κ1) is 44.0. The summed E-state index contributed by atoms with van der Waals surface area (Å²) in [6, 6.07) is 26.4. The Morgan fingerprint density at radius 1 is 0.630 bits per heavy atom. The van der Waals surface area contributed by atoms with E-state index >= 15 is 0 Å².